The van der Waals surface area contributed by atoms with Crippen molar-refractivity contribution >= 4 is 34.1 Å². The highest BCUT2D eigenvalue weighted by molar-refractivity contribution is 5.98. The van der Waals surface area contributed by atoms with E-state index in [-0.39, 0.29) is 35.3 Å². The summed E-state index contributed by atoms with van der Waals surface area (Å²) in [7, 11) is 0. The average Bonchev–Trinajstić information content (AvgIpc) is 3.51. The number of nitro groups is 1. The molecule has 0 aliphatic carbocycles. The van der Waals surface area contributed by atoms with Crippen molar-refractivity contribution in [2.75, 3.05) is 11.4 Å². The van der Waals surface area contributed by atoms with Crippen LogP contribution in [0.5, 0.6) is 0 Å². The lowest BCUT2D eigenvalue weighted by atomic mass is 9.94. The number of hydrogen-bond acceptors (Lipinski definition) is 5. The second kappa shape index (κ2) is 10.5. The van der Waals surface area contributed by atoms with Crippen LogP contribution in [0.4, 0.5) is 20.6 Å². The molecule has 0 aromatic heterocycles. The van der Waals surface area contributed by atoms with Crippen LogP contribution in [0.2, 0.25) is 0 Å². The van der Waals surface area contributed by atoms with Gasteiger partial charge >= 0.3 is 6.03 Å². The van der Waals surface area contributed by atoms with Crippen molar-refractivity contribution in [3.05, 3.63) is 82.2 Å². The number of primary amides is 1. The van der Waals surface area contributed by atoms with Gasteiger partial charge in [0.1, 0.15) is 17.5 Å². The number of piperidine rings is 1. The molecular formula is C30H32FN5O4. The van der Waals surface area contributed by atoms with Gasteiger partial charge in [0.2, 0.25) is 5.91 Å². The average molecular weight is 546 g/mol. The minimum Gasteiger partial charge on any atom is -0.368 e. The van der Waals surface area contributed by atoms with E-state index in [1.165, 1.54) is 23.1 Å². The molecule has 3 aromatic carbocycles. The molecule has 0 unspecified atom stereocenters. The monoisotopic (exact) mass is 545 g/mol. The van der Waals surface area contributed by atoms with Gasteiger partial charge in [-0.3, -0.25) is 24.7 Å². The van der Waals surface area contributed by atoms with Gasteiger partial charge in [-0.25, -0.2) is 9.18 Å². The zero-order chi connectivity index (χ0) is 28.0. The third kappa shape index (κ3) is 4.77. The third-order valence-corrected chi connectivity index (χ3v) is 8.83. The maximum atomic E-state index is 14.1. The molecule has 0 radical (unpaired) electrons. The summed E-state index contributed by atoms with van der Waals surface area (Å²) in [6.45, 7) is 1.13. The second-order valence-corrected chi connectivity index (χ2v) is 11.2. The van der Waals surface area contributed by atoms with Gasteiger partial charge in [0, 0.05) is 37.3 Å². The molecule has 6 rings (SSSR count). The Balaban J connectivity index is 1.28. The molecule has 40 heavy (non-hydrogen) atoms. The number of nitro benzene ring substituents is 1. The zero-order valence-corrected chi connectivity index (χ0v) is 22.1. The lowest BCUT2D eigenvalue weighted by Crippen LogP contribution is -2.57. The first-order valence-electron chi connectivity index (χ1n) is 13.9. The maximum Gasteiger partial charge on any atom is 0.325 e. The van der Waals surface area contributed by atoms with Crippen LogP contribution < -0.4 is 10.6 Å². The lowest BCUT2D eigenvalue weighted by molar-refractivity contribution is -0.384. The van der Waals surface area contributed by atoms with E-state index in [0.717, 1.165) is 35.7 Å². The molecule has 208 valence electrons. The number of carbonyl (C=O) groups is 2. The number of likely N-dealkylation sites (tertiary alicyclic amines) is 1. The Bertz CT molecular complexity index is 1470. The SMILES string of the molecule is NC(=O)[C@@H]1CCCN1C(=O)N(c1ccccc1[N+](=O)[O-])[C@H]1C[C@H]2CC[C@@H](C1)N2Cc1ccc2cc(F)ccc2c1. The van der Waals surface area contributed by atoms with Crippen molar-refractivity contribution in [3.8, 4) is 0 Å². The fourth-order valence-corrected chi connectivity index (χ4v) is 7.00. The standard InChI is InChI=1S/C30H32FN5O4/c31-22-10-9-20-14-19(7-8-21(20)15-22)18-34-23-11-12-24(34)17-25(16-23)35(26-4-1-2-5-27(26)36(39)40)30(38)33-13-3-6-28(33)29(32)37/h1-2,4-5,7-10,14-15,23-25,28H,3,6,11-13,16-18H2,(H2,32,37)/t23-,24+,25+,28-/m0/s1. The van der Waals surface area contributed by atoms with E-state index in [0.29, 0.717) is 32.2 Å². The first-order valence-corrected chi connectivity index (χ1v) is 13.9. The number of benzene rings is 3. The van der Waals surface area contributed by atoms with Crippen LogP contribution >= 0.6 is 0 Å². The van der Waals surface area contributed by atoms with Crippen LogP contribution in [-0.4, -0.2) is 57.4 Å². The van der Waals surface area contributed by atoms with Gasteiger partial charge in [0.25, 0.3) is 5.69 Å². The molecule has 9 nitrogen and oxygen atoms in total. The Morgan fingerprint density at radius 3 is 2.42 bits per heavy atom. The van der Waals surface area contributed by atoms with Crippen molar-refractivity contribution in [2.24, 2.45) is 5.73 Å². The first kappa shape index (κ1) is 26.2. The van der Waals surface area contributed by atoms with Crippen LogP contribution in [0.25, 0.3) is 10.8 Å². The highest BCUT2D eigenvalue weighted by atomic mass is 19.1. The third-order valence-electron chi connectivity index (χ3n) is 8.83. The number of amides is 3. The highest BCUT2D eigenvalue weighted by Gasteiger charge is 2.46. The van der Waals surface area contributed by atoms with Crippen molar-refractivity contribution in [1.29, 1.82) is 0 Å². The van der Waals surface area contributed by atoms with E-state index in [4.69, 9.17) is 5.73 Å². The van der Waals surface area contributed by atoms with Crippen LogP contribution in [0.1, 0.15) is 44.1 Å². The number of nitrogens with two attached hydrogens (primary N) is 1. The number of urea groups is 1. The molecule has 3 heterocycles. The number of nitrogens with zero attached hydrogens (tertiary/aromatic N) is 4. The first-order chi connectivity index (χ1) is 19.3. The summed E-state index contributed by atoms with van der Waals surface area (Å²) in [5, 5.41) is 13.8. The molecule has 3 saturated heterocycles. The van der Waals surface area contributed by atoms with Crippen LogP contribution in [-0.2, 0) is 11.3 Å². The Labute approximate surface area is 231 Å². The molecule has 2 bridgehead atoms. The highest BCUT2D eigenvalue weighted by Crippen LogP contribution is 2.42. The molecule has 3 fully saturated rings. The molecule has 3 aliphatic rings. The summed E-state index contributed by atoms with van der Waals surface area (Å²) >= 11 is 0. The summed E-state index contributed by atoms with van der Waals surface area (Å²) in [5.74, 6) is -0.810. The number of halogens is 1. The zero-order valence-electron chi connectivity index (χ0n) is 22.1. The maximum absolute atomic E-state index is 14.1. The van der Waals surface area contributed by atoms with E-state index in [2.05, 4.69) is 11.0 Å². The van der Waals surface area contributed by atoms with Gasteiger partial charge in [0.05, 0.1) is 4.92 Å². The molecular weight excluding hydrogens is 513 g/mol. The number of para-hydroxylation sites is 2. The Morgan fingerprint density at radius 2 is 1.70 bits per heavy atom. The topological polar surface area (TPSA) is 113 Å². The van der Waals surface area contributed by atoms with Gasteiger partial charge in [-0.2, -0.15) is 0 Å². The van der Waals surface area contributed by atoms with Gasteiger partial charge in [-0.05, 0) is 79.1 Å². The largest absolute Gasteiger partial charge is 0.368 e. The van der Waals surface area contributed by atoms with Crippen LogP contribution in [0.15, 0.2) is 60.7 Å². The van der Waals surface area contributed by atoms with Gasteiger partial charge in [-0.1, -0.05) is 30.3 Å². The molecule has 3 aromatic rings. The predicted octanol–water partition coefficient (Wildman–Crippen LogP) is 4.96. The number of carbonyl (C=O) groups excluding carboxylic acids is 2. The van der Waals surface area contributed by atoms with Crippen LogP contribution in [0.3, 0.4) is 0 Å². The minimum atomic E-state index is -0.712. The number of fused-ring (bicyclic) bond motifs is 3. The summed E-state index contributed by atoms with van der Waals surface area (Å²) in [5.41, 5.74) is 6.89. The predicted molar refractivity (Wildman–Crippen MR) is 149 cm³/mol. The normalized spacial score (nSPS) is 24.4. The van der Waals surface area contributed by atoms with E-state index in [1.807, 2.05) is 12.1 Å². The van der Waals surface area contributed by atoms with Crippen LogP contribution in [0, 0.1) is 15.9 Å². The Hall–Kier alpha value is -4.05. The summed E-state index contributed by atoms with van der Waals surface area (Å²) < 4.78 is 13.6. The van der Waals surface area contributed by atoms with Gasteiger partial charge in [-0.15, -0.1) is 0 Å². The van der Waals surface area contributed by atoms with E-state index in [9.17, 15) is 24.1 Å². The van der Waals surface area contributed by atoms with E-state index < -0.39 is 22.9 Å². The fourth-order valence-electron chi connectivity index (χ4n) is 7.00. The van der Waals surface area contributed by atoms with Crippen molar-refractivity contribution < 1.29 is 18.9 Å². The van der Waals surface area contributed by atoms with Gasteiger partial charge < -0.3 is 10.6 Å². The fraction of sp³-hybridized carbons (Fsp3) is 0.400. The number of rotatable bonds is 6. The van der Waals surface area contributed by atoms with E-state index in [1.54, 1.807) is 29.2 Å². The van der Waals surface area contributed by atoms with Gasteiger partial charge in [0.15, 0.2) is 0 Å². The Kier molecular flexibility index (Phi) is 6.87. The Morgan fingerprint density at radius 1 is 1.00 bits per heavy atom. The summed E-state index contributed by atoms with van der Waals surface area (Å²) in [6, 6.07) is 16.3. The summed E-state index contributed by atoms with van der Waals surface area (Å²) in [6.07, 6.45) is 4.45. The smallest absolute Gasteiger partial charge is 0.325 e. The molecule has 0 spiro atoms. The molecule has 3 amide bonds. The summed E-state index contributed by atoms with van der Waals surface area (Å²) in [4.78, 5) is 43.3. The molecule has 2 N–H and O–H groups in total. The second-order valence-electron chi connectivity index (χ2n) is 11.2. The molecule has 10 heteroatoms. The number of hydrogen-bond donors (Lipinski definition) is 1. The quantitative estimate of drug-likeness (QED) is 0.348. The van der Waals surface area contributed by atoms with Crippen molar-refractivity contribution in [2.45, 2.75) is 69.2 Å². The molecule has 0 saturated carbocycles. The molecule has 3 aliphatic heterocycles. The minimum absolute atomic E-state index is 0.131. The van der Waals surface area contributed by atoms with E-state index >= 15 is 0 Å². The molecule has 4 atom stereocenters. The number of anilines is 1. The van der Waals surface area contributed by atoms with Crippen molar-refractivity contribution in [1.82, 2.24) is 9.80 Å². The lowest BCUT2D eigenvalue weighted by Gasteiger charge is -2.44. The van der Waals surface area contributed by atoms with Crippen molar-refractivity contribution in [3.63, 3.8) is 0 Å².